The van der Waals surface area contributed by atoms with Crippen LogP contribution in [-0.2, 0) is 0 Å². The molecule has 0 aliphatic rings. The molecule has 0 amide bonds. The predicted molar refractivity (Wildman–Crippen MR) is 64.3 cm³/mol. The number of halogens is 3. The van der Waals surface area contributed by atoms with Crippen molar-refractivity contribution in [2.24, 2.45) is 5.73 Å². The van der Waals surface area contributed by atoms with Crippen LogP contribution in [0.3, 0.4) is 0 Å². The lowest BCUT2D eigenvalue weighted by Gasteiger charge is -2.12. The second-order valence-corrected chi connectivity index (χ2v) is 4.46. The van der Waals surface area contributed by atoms with E-state index in [9.17, 15) is 8.78 Å². The third kappa shape index (κ3) is 2.68. The SMILES string of the molecule is NC(c1ccc(F)cn1)c1cc(Br)ccc1F. The van der Waals surface area contributed by atoms with Crippen LogP contribution < -0.4 is 5.73 Å². The molecule has 1 heterocycles. The van der Waals surface area contributed by atoms with E-state index in [1.807, 2.05) is 0 Å². The van der Waals surface area contributed by atoms with Gasteiger partial charge in [-0.2, -0.15) is 0 Å². The Kier molecular flexibility index (Phi) is 3.49. The number of rotatable bonds is 2. The van der Waals surface area contributed by atoms with Crippen LogP contribution in [0.4, 0.5) is 8.78 Å². The Hall–Kier alpha value is -1.33. The Labute approximate surface area is 106 Å². The van der Waals surface area contributed by atoms with Crippen LogP contribution >= 0.6 is 15.9 Å². The van der Waals surface area contributed by atoms with Crippen molar-refractivity contribution in [3.63, 3.8) is 0 Å². The number of hydrogen-bond donors (Lipinski definition) is 1. The number of hydrogen-bond acceptors (Lipinski definition) is 2. The average molecular weight is 299 g/mol. The predicted octanol–water partition coefficient (Wildman–Crippen LogP) is 3.17. The van der Waals surface area contributed by atoms with Crippen molar-refractivity contribution in [3.8, 4) is 0 Å². The van der Waals surface area contributed by atoms with Gasteiger partial charge in [0.15, 0.2) is 0 Å². The zero-order valence-corrected chi connectivity index (χ0v) is 10.3. The molecule has 1 aromatic heterocycles. The molecule has 0 bridgehead atoms. The molecule has 1 atom stereocenters. The summed E-state index contributed by atoms with van der Waals surface area (Å²) in [6, 6.07) is 6.48. The van der Waals surface area contributed by atoms with Crippen molar-refractivity contribution in [3.05, 3.63) is 63.9 Å². The fraction of sp³-hybridized carbons (Fsp3) is 0.0833. The Balaban J connectivity index is 2.39. The van der Waals surface area contributed by atoms with Crippen molar-refractivity contribution in [1.82, 2.24) is 4.98 Å². The van der Waals surface area contributed by atoms with Gasteiger partial charge < -0.3 is 5.73 Å². The number of benzene rings is 1. The fourth-order valence-corrected chi connectivity index (χ4v) is 1.86. The van der Waals surface area contributed by atoms with Gasteiger partial charge in [0.25, 0.3) is 0 Å². The van der Waals surface area contributed by atoms with Crippen molar-refractivity contribution in [2.45, 2.75) is 6.04 Å². The largest absolute Gasteiger partial charge is 0.319 e. The van der Waals surface area contributed by atoms with E-state index in [0.717, 1.165) is 10.7 Å². The summed E-state index contributed by atoms with van der Waals surface area (Å²) in [6.45, 7) is 0. The van der Waals surface area contributed by atoms with Crippen LogP contribution in [0.15, 0.2) is 41.0 Å². The average Bonchev–Trinajstić information content (AvgIpc) is 2.32. The van der Waals surface area contributed by atoms with Crippen LogP contribution in [0.1, 0.15) is 17.3 Å². The maximum atomic E-state index is 13.6. The van der Waals surface area contributed by atoms with E-state index in [1.54, 1.807) is 12.1 Å². The third-order valence-corrected chi connectivity index (χ3v) is 2.86. The molecule has 2 N–H and O–H groups in total. The van der Waals surface area contributed by atoms with Gasteiger partial charge in [-0.3, -0.25) is 4.98 Å². The molecule has 0 saturated carbocycles. The molecular formula is C12H9BrF2N2. The van der Waals surface area contributed by atoms with E-state index in [4.69, 9.17) is 5.73 Å². The highest BCUT2D eigenvalue weighted by Crippen LogP contribution is 2.24. The molecule has 17 heavy (non-hydrogen) atoms. The lowest BCUT2D eigenvalue weighted by molar-refractivity contribution is 0.593. The van der Waals surface area contributed by atoms with Gasteiger partial charge in [0.2, 0.25) is 0 Å². The molecule has 0 aliphatic heterocycles. The molecule has 88 valence electrons. The molecule has 2 aromatic rings. The van der Waals surface area contributed by atoms with E-state index in [0.29, 0.717) is 11.3 Å². The van der Waals surface area contributed by atoms with Gasteiger partial charge in [-0.25, -0.2) is 8.78 Å². The molecule has 2 nitrogen and oxygen atoms in total. The molecular weight excluding hydrogens is 290 g/mol. The lowest BCUT2D eigenvalue weighted by atomic mass is 10.0. The van der Waals surface area contributed by atoms with Crippen LogP contribution in [-0.4, -0.2) is 4.98 Å². The van der Waals surface area contributed by atoms with Crippen LogP contribution in [0.5, 0.6) is 0 Å². The first-order valence-electron chi connectivity index (χ1n) is 4.90. The van der Waals surface area contributed by atoms with Gasteiger partial charge in [0, 0.05) is 10.0 Å². The second-order valence-electron chi connectivity index (χ2n) is 3.54. The van der Waals surface area contributed by atoms with Crippen LogP contribution in [0.25, 0.3) is 0 Å². The van der Waals surface area contributed by atoms with Crippen molar-refractivity contribution in [1.29, 1.82) is 0 Å². The van der Waals surface area contributed by atoms with E-state index in [2.05, 4.69) is 20.9 Å². The topological polar surface area (TPSA) is 38.9 Å². The van der Waals surface area contributed by atoms with Crippen LogP contribution in [0.2, 0.25) is 0 Å². The molecule has 0 saturated heterocycles. The smallest absolute Gasteiger partial charge is 0.141 e. The maximum absolute atomic E-state index is 13.6. The molecule has 0 fully saturated rings. The maximum Gasteiger partial charge on any atom is 0.141 e. The minimum atomic E-state index is -0.715. The second kappa shape index (κ2) is 4.89. The Morgan fingerprint density at radius 3 is 2.59 bits per heavy atom. The highest BCUT2D eigenvalue weighted by atomic mass is 79.9. The van der Waals surface area contributed by atoms with Gasteiger partial charge in [0.05, 0.1) is 17.9 Å². The quantitative estimate of drug-likeness (QED) is 0.925. The fourth-order valence-electron chi connectivity index (χ4n) is 1.48. The molecule has 5 heteroatoms. The Bertz CT molecular complexity index is 529. The minimum absolute atomic E-state index is 0.318. The first kappa shape index (κ1) is 12.1. The van der Waals surface area contributed by atoms with E-state index in [-0.39, 0.29) is 0 Å². The first-order valence-corrected chi connectivity index (χ1v) is 5.69. The zero-order valence-electron chi connectivity index (χ0n) is 8.70. The highest BCUT2D eigenvalue weighted by Gasteiger charge is 2.15. The molecule has 2 rings (SSSR count). The number of nitrogens with two attached hydrogens (primary N) is 1. The third-order valence-electron chi connectivity index (χ3n) is 2.36. The van der Waals surface area contributed by atoms with Crippen molar-refractivity contribution >= 4 is 15.9 Å². The highest BCUT2D eigenvalue weighted by molar-refractivity contribution is 9.10. The molecule has 0 radical (unpaired) electrons. The summed E-state index contributed by atoms with van der Waals surface area (Å²) in [5, 5.41) is 0. The van der Waals surface area contributed by atoms with Gasteiger partial charge in [-0.1, -0.05) is 15.9 Å². The summed E-state index contributed by atoms with van der Waals surface area (Å²) >= 11 is 3.25. The summed E-state index contributed by atoms with van der Waals surface area (Å²) in [7, 11) is 0. The first-order chi connectivity index (χ1) is 8.08. The number of aromatic nitrogens is 1. The summed E-state index contributed by atoms with van der Waals surface area (Å²) in [5.41, 5.74) is 6.63. The summed E-state index contributed by atoms with van der Waals surface area (Å²) in [5.74, 6) is -0.859. The monoisotopic (exact) mass is 298 g/mol. The lowest BCUT2D eigenvalue weighted by Crippen LogP contribution is -2.15. The molecule has 1 unspecified atom stereocenters. The van der Waals surface area contributed by atoms with E-state index >= 15 is 0 Å². The number of pyridine rings is 1. The normalized spacial score (nSPS) is 12.5. The van der Waals surface area contributed by atoms with Gasteiger partial charge in [0.1, 0.15) is 11.6 Å². The van der Waals surface area contributed by atoms with Gasteiger partial charge in [-0.05, 0) is 30.3 Å². The van der Waals surface area contributed by atoms with Gasteiger partial charge >= 0.3 is 0 Å². The van der Waals surface area contributed by atoms with Crippen molar-refractivity contribution < 1.29 is 8.78 Å². The summed E-state index contributed by atoms with van der Waals surface area (Å²) in [4.78, 5) is 3.84. The minimum Gasteiger partial charge on any atom is -0.319 e. The summed E-state index contributed by atoms with van der Waals surface area (Å²) < 4.78 is 27.0. The van der Waals surface area contributed by atoms with E-state index < -0.39 is 17.7 Å². The Morgan fingerprint density at radius 2 is 1.94 bits per heavy atom. The standard InChI is InChI=1S/C12H9BrF2N2/c13-7-1-3-10(15)9(5-7)12(16)11-4-2-8(14)6-17-11/h1-6,12H,16H2. The zero-order chi connectivity index (χ0) is 12.4. The molecule has 0 aliphatic carbocycles. The summed E-state index contributed by atoms with van der Waals surface area (Å²) in [6.07, 6.45) is 1.06. The molecule has 0 spiro atoms. The Morgan fingerprint density at radius 1 is 1.18 bits per heavy atom. The van der Waals surface area contributed by atoms with Crippen molar-refractivity contribution in [2.75, 3.05) is 0 Å². The molecule has 1 aromatic carbocycles. The van der Waals surface area contributed by atoms with Crippen LogP contribution in [0, 0.1) is 11.6 Å². The number of nitrogens with zero attached hydrogens (tertiary/aromatic N) is 1. The van der Waals surface area contributed by atoms with Gasteiger partial charge in [-0.15, -0.1) is 0 Å². The van der Waals surface area contributed by atoms with E-state index in [1.165, 1.54) is 18.2 Å².